The summed E-state index contributed by atoms with van der Waals surface area (Å²) in [6, 6.07) is 6.69. The van der Waals surface area contributed by atoms with E-state index in [1.807, 2.05) is 0 Å². The van der Waals surface area contributed by atoms with Crippen LogP contribution in [0.3, 0.4) is 0 Å². The van der Waals surface area contributed by atoms with Crippen molar-refractivity contribution in [1.29, 1.82) is 0 Å². The molecule has 0 unspecified atom stereocenters. The minimum Gasteiger partial charge on any atom is -0.508 e. The third-order valence-electron chi connectivity index (χ3n) is 2.55. The molecule has 1 aromatic heterocycles. The van der Waals surface area contributed by atoms with Crippen LogP contribution < -0.4 is 11.5 Å². The zero-order chi connectivity index (χ0) is 13.1. The predicted molar refractivity (Wildman–Crippen MR) is 66.3 cm³/mol. The van der Waals surface area contributed by atoms with Gasteiger partial charge in [0.2, 0.25) is 5.95 Å². The Labute approximate surface area is 103 Å². The van der Waals surface area contributed by atoms with Gasteiger partial charge in [0.25, 0.3) is 0 Å². The SMILES string of the molecule is Nc1nc(N)c(F)c(CCc2ccc(O)cc2)n1. The summed E-state index contributed by atoms with van der Waals surface area (Å²) >= 11 is 0. The smallest absolute Gasteiger partial charge is 0.222 e. The van der Waals surface area contributed by atoms with Gasteiger partial charge in [0.15, 0.2) is 11.6 Å². The van der Waals surface area contributed by atoms with Crippen LogP contribution in [-0.4, -0.2) is 15.1 Å². The van der Waals surface area contributed by atoms with Crippen molar-refractivity contribution in [3.8, 4) is 5.75 Å². The summed E-state index contributed by atoms with van der Waals surface area (Å²) in [6.07, 6.45) is 0.945. The first-order valence-electron chi connectivity index (χ1n) is 5.41. The number of hydrogen-bond donors (Lipinski definition) is 3. The van der Waals surface area contributed by atoms with Crippen molar-refractivity contribution >= 4 is 11.8 Å². The largest absolute Gasteiger partial charge is 0.508 e. The van der Waals surface area contributed by atoms with E-state index in [0.29, 0.717) is 12.8 Å². The number of hydrogen-bond acceptors (Lipinski definition) is 5. The first kappa shape index (κ1) is 12.1. The lowest BCUT2D eigenvalue weighted by Gasteiger charge is -2.05. The molecule has 94 valence electrons. The summed E-state index contributed by atoms with van der Waals surface area (Å²) in [6.45, 7) is 0. The van der Waals surface area contributed by atoms with Crippen molar-refractivity contribution in [2.24, 2.45) is 0 Å². The van der Waals surface area contributed by atoms with Gasteiger partial charge in [0.1, 0.15) is 5.75 Å². The zero-order valence-electron chi connectivity index (χ0n) is 9.60. The highest BCUT2D eigenvalue weighted by molar-refractivity contribution is 5.38. The van der Waals surface area contributed by atoms with Crippen molar-refractivity contribution in [3.05, 3.63) is 41.3 Å². The summed E-state index contributed by atoms with van der Waals surface area (Å²) < 4.78 is 13.6. The molecule has 0 fully saturated rings. The molecule has 0 saturated heterocycles. The molecule has 5 N–H and O–H groups in total. The van der Waals surface area contributed by atoms with Gasteiger partial charge in [-0.15, -0.1) is 0 Å². The third-order valence-corrected chi connectivity index (χ3v) is 2.55. The second kappa shape index (κ2) is 4.87. The molecular formula is C12H13FN4O. The zero-order valence-corrected chi connectivity index (χ0v) is 9.60. The second-order valence-corrected chi connectivity index (χ2v) is 3.89. The Morgan fingerprint density at radius 1 is 1.06 bits per heavy atom. The summed E-state index contributed by atoms with van der Waals surface area (Å²) in [7, 11) is 0. The number of halogens is 1. The first-order chi connectivity index (χ1) is 8.56. The number of aromatic hydroxyl groups is 1. The summed E-state index contributed by atoms with van der Waals surface area (Å²) in [5.74, 6) is -0.693. The molecule has 0 bridgehead atoms. The average molecular weight is 248 g/mol. The first-order valence-corrected chi connectivity index (χ1v) is 5.41. The normalized spacial score (nSPS) is 10.5. The maximum Gasteiger partial charge on any atom is 0.222 e. The molecule has 2 aromatic rings. The Kier molecular flexibility index (Phi) is 3.27. The van der Waals surface area contributed by atoms with Gasteiger partial charge in [-0.3, -0.25) is 0 Å². The Bertz CT molecular complexity index is 557. The highest BCUT2D eigenvalue weighted by Crippen LogP contribution is 2.16. The molecule has 1 heterocycles. The van der Waals surface area contributed by atoms with Crippen LogP contribution in [0.15, 0.2) is 24.3 Å². The molecule has 0 aliphatic heterocycles. The molecule has 0 saturated carbocycles. The van der Waals surface area contributed by atoms with E-state index in [2.05, 4.69) is 9.97 Å². The van der Waals surface area contributed by atoms with E-state index in [1.165, 1.54) is 0 Å². The van der Waals surface area contributed by atoms with Gasteiger partial charge in [-0.25, -0.2) is 9.37 Å². The van der Waals surface area contributed by atoms with Crippen molar-refractivity contribution in [2.75, 3.05) is 11.5 Å². The molecule has 0 radical (unpaired) electrons. The Morgan fingerprint density at radius 2 is 1.72 bits per heavy atom. The minimum atomic E-state index is -0.622. The van der Waals surface area contributed by atoms with Crippen LogP contribution in [0.5, 0.6) is 5.75 Å². The van der Waals surface area contributed by atoms with E-state index in [4.69, 9.17) is 16.6 Å². The molecule has 0 spiro atoms. The molecule has 2 rings (SSSR count). The van der Waals surface area contributed by atoms with Crippen LogP contribution >= 0.6 is 0 Å². The van der Waals surface area contributed by atoms with E-state index in [9.17, 15) is 4.39 Å². The highest BCUT2D eigenvalue weighted by Gasteiger charge is 2.10. The molecule has 0 aliphatic rings. The molecule has 0 amide bonds. The number of phenolic OH excluding ortho intramolecular Hbond substituents is 1. The van der Waals surface area contributed by atoms with E-state index in [-0.39, 0.29) is 23.2 Å². The Balaban J connectivity index is 2.13. The van der Waals surface area contributed by atoms with Crippen molar-refractivity contribution in [3.63, 3.8) is 0 Å². The number of aryl methyl sites for hydroxylation is 2. The fourth-order valence-electron chi connectivity index (χ4n) is 1.62. The fourth-order valence-corrected chi connectivity index (χ4v) is 1.62. The standard InChI is InChI=1S/C12H13FN4O/c13-10-9(16-12(15)17-11(10)14)6-3-7-1-4-8(18)5-2-7/h1-2,4-5,18H,3,6H2,(H4,14,15,16,17). The summed E-state index contributed by atoms with van der Waals surface area (Å²) in [4.78, 5) is 7.37. The van der Waals surface area contributed by atoms with Gasteiger partial charge in [0, 0.05) is 0 Å². The van der Waals surface area contributed by atoms with Crippen LogP contribution in [0.25, 0.3) is 0 Å². The lowest BCUT2D eigenvalue weighted by atomic mass is 10.1. The van der Waals surface area contributed by atoms with Gasteiger partial charge in [-0.05, 0) is 30.5 Å². The molecule has 6 heteroatoms. The monoisotopic (exact) mass is 248 g/mol. The summed E-state index contributed by atoms with van der Waals surface area (Å²) in [5.41, 5.74) is 11.9. The number of anilines is 2. The van der Waals surface area contributed by atoms with E-state index in [1.54, 1.807) is 24.3 Å². The van der Waals surface area contributed by atoms with Crippen LogP contribution in [-0.2, 0) is 12.8 Å². The highest BCUT2D eigenvalue weighted by atomic mass is 19.1. The minimum absolute atomic E-state index is 0.0328. The van der Waals surface area contributed by atoms with Gasteiger partial charge in [-0.1, -0.05) is 12.1 Å². The third kappa shape index (κ3) is 2.65. The van der Waals surface area contributed by atoms with Gasteiger partial charge in [0.05, 0.1) is 5.69 Å². The lowest BCUT2D eigenvalue weighted by molar-refractivity contribution is 0.475. The molecule has 5 nitrogen and oxygen atoms in total. The van der Waals surface area contributed by atoms with Crippen molar-refractivity contribution < 1.29 is 9.50 Å². The fraction of sp³-hybridized carbons (Fsp3) is 0.167. The topological polar surface area (TPSA) is 98.0 Å². The van der Waals surface area contributed by atoms with Crippen LogP contribution in [0.4, 0.5) is 16.2 Å². The molecule has 0 aliphatic carbocycles. The lowest BCUT2D eigenvalue weighted by Crippen LogP contribution is -2.08. The van der Waals surface area contributed by atoms with Gasteiger partial charge < -0.3 is 16.6 Å². The van der Waals surface area contributed by atoms with Gasteiger partial charge in [-0.2, -0.15) is 4.98 Å². The number of nitrogens with two attached hydrogens (primary N) is 2. The molecule has 1 aromatic carbocycles. The number of rotatable bonds is 3. The van der Waals surface area contributed by atoms with Gasteiger partial charge >= 0.3 is 0 Å². The Hall–Kier alpha value is -2.37. The molecular weight excluding hydrogens is 235 g/mol. The Morgan fingerprint density at radius 3 is 2.39 bits per heavy atom. The van der Waals surface area contributed by atoms with Crippen molar-refractivity contribution in [2.45, 2.75) is 12.8 Å². The second-order valence-electron chi connectivity index (χ2n) is 3.89. The molecule has 18 heavy (non-hydrogen) atoms. The van der Waals surface area contributed by atoms with Crippen LogP contribution in [0, 0.1) is 5.82 Å². The number of nitrogen functional groups attached to an aromatic ring is 2. The average Bonchev–Trinajstić information content (AvgIpc) is 2.34. The summed E-state index contributed by atoms with van der Waals surface area (Å²) in [5, 5.41) is 9.15. The maximum absolute atomic E-state index is 13.6. The van der Waals surface area contributed by atoms with E-state index < -0.39 is 5.82 Å². The van der Waals surface area contributed by atoms with Crippen molar-refractivity contribution in [1.82, 2.24) is 9.97 Å². The molecule has 0 atom stereocenters. The predicted octanol–water partition coefficient (Wildman–Crippen LogP) is 1.27. The number of benzene rings is 1. The van der Waals surface area contributed by atoms with Crippen LogP contribution in [0.2, 0.25) is 0 Å². The number of nitrogens with zero attached hydrogens (tertiary/aromatic N) is 2. The quantitative estimate of drug-likeness (QED) is 0.759. The van der Waals surface area contributed by atoms with E-state index in [0.717, 1.165) is 5.56 Å². The van der Waals surface area contributed by atoms with Crippen LogP contribution in [0.1, 0.15) is 11.3 Å². The number of aromatic nitrogens is 2. The van der Waals surface area contributed by atoms with E-state index >= 15 is 0 Å². The number of phenols is 1. The maximum atomic E-state index is 13.6.